The molecule has 18 heteroatoms. The molecule has 0 radical (unpaired) electrons. The number of nitrogens with one attached hydrogen (secondary N) is 5. The number of rotatable bonds is 10. The normalized spacial score (nSPS) is 19.3. The van der Waals surface area contributed by atoms with Crippen molar-refractivity contribution in [2.45, 2.75) is 129 Å². The zero-order valence-electron chi connectivity index (χ0n) is 43.0. The van der Waals surface area contributed by atoms with Gasteiger partial charge in [0.2, 0.25) is 11.9 Å². The number of pyridine rings is 2. The van der Waals surface area contributed by atoms with Crippen molar-refractivity contribution in [1.29, 1.82) is 0 Å². The van der Waals surface area contributed by atoms with Gasteiger partial charge in [0.25, 0.3) is 11.8 Å². The standard InChI is InChI=1S/C30H40N6O4.C25H32N6O2/c1-20-18-21(11-16-32-20)27(37)34-28-33-24-9-7-10-25(39-23-12-14-31-15-13-23)26(24)36(28)22-8-5-6-17-35(19-22)29(38)40-30(2,3)4;1-17-15-18(8-14-28-17)24(32)30-25-29-21-6-4-7-22(33-20-9-12-26-13-10-20)23(21)31(25)19-5-2-3-11-27-16-19/h7,9-11,16,18,22-23,31H,5-6,8,12-15,17,19H2,1-4H3,(H,33,34,37);4,6-8,14-15,19-20,26-27H,2-3,5,9-13,16H2,1H3,(H,29,30,32)/t22-;19-/m11/s1. The number of fused-ring (bicyclic) bond motifs is 2. The van der Waals surface area contributed by atoms with Crippen molar-refractivity contribution in [3.8, 4) is 11.5 Å². The van der Waals surface area contributed by atoms with Crippen molar-refractivity contribution in [3.63, 3.8) is 0 Å². The largest absolute Gasteiger partial charge is 0.488 e. The maximum Gasteiger partial charge on any atom is 0.410 e. The van der Waals surface area contributed by atoms with Crippen LogP contribution in [0.3, 0.4) is 0 Å². The van der Waals surface area contributed by atoms with Gasteiger partial charge in [-0.15, -0.1) is 0 Å². The molecule has 4 fully saturated rings. The van der Waals surface area contributed by atoms with Crippen LogP contribution in [-0.2, 0) is 4.74 Å². The summed E-state index contributed by atoms with van der Waals surface area (Å²) in [6.45, 7) is 16.1. The number of hydrogen-bond acceptors (Lipinski definition) is 13. The molecule has 10 rings (SSSR count). The summed E-state index contributed by atoms with van der Waals surface area (Å²) < 4.78 is 23.1. The predicted molar refractivity (Wildman–Crippen MR) is 283 cm³/mol. The summed E-state index contributed by atoms with van der Waals surface area (Å²) >= 11 is 0. The fourth-order valence-corrected chi connectivity index (χ4v) is 10.3. The number of piperidine rings is 2. The minimum atomic E-state index is -0.585. The number of likely N-dealkylation sites (tertiary alicyclic amines) is 1. The van der Waals surface area contributed by atoms with Crippen molar-refractivity contribution >= 4 is 51.9 Å². The topological polar surface area (TPSA) is 204 Å². The van der Waals surface area contributed by atoms with E-state index in [-0.39, 0.29) is 42.2 Å². The Morgan fingerprint density at radius 2 is 1.12 bits per heavy atom. The number of anilines is 2. The van der Waals surface area contributed by atoms with E-state index in [1.54, 1.807) is 41.6 Å². The SMILES string of the molecule is Cc1cc(C(=O)Nc2nc3cccc(OC4CCNCC4)c3n2[C@@H]2CCCCN(C(=O)OC(C)(C)C)C2)ccn1.Cc1cc(C(=O)Nc2nc3cccc(OC4CCNCC4)c3n2[C@@H]2CCCCNC2)ccn1. The summed E-state index contributed by atoms with van der Waals surface area (Å²) in [6, 6.07) is 18.9. The van der Waals surface area contributed by atoms with Gasteiger partial charge in [0.1, 0.15) is 40.3 Å². The molecule has 6 aromatic rings. The molecule has 4 aromatic heterocycles. The summed E-state index contributed by atoms with van der Waals surface area (Å²) in [5.74, 6) is 2.15. The van der Waals surface area contributed by atoms with Crippen LogP contribution in [0.5, 0.6) is 11.5 Å². The van der Waals surface area contributed by atoms with Gasteiger partial charge in [-0.2, -0.15) is 0 Å². The van der Waals surface area contributed by atoms with Crippen molar-refractivity contribution < 1.29 is 28.6 Å². The number of nitrogens with zero attached hydrogens (tertiary/aromatic N) is 7. The lowest BCUT2D eigenvalue weighted by Gasteiger charge is -2.30. The van der Waals surface area contributed by atoms with E-state index in [0.29, 0.717) is 36.1 Å². The third-order valence-corrected chi connectivity index (χ3v) is 13.8. The summed E-state index contributed by atoms with van der Waals surface area (Å²) in [7, 11) is 0. The maximum atomic E-state index is 13.4. The third kappa shape index (κ3) is 13.0. The summed E-state index contributed by atoms with van der Waals surface area (Å²) in [5, 5.41) is 16.5. The molecule has 0 unspecified atom stereocenters. The van der Waals surface area contributed by atoms with Gasteiger partial charge in [-0.1, -0.05) is 18.6 Å². The van der Waals surface area contributed by atoms with Gasteiger partial charge in [0.15, 0.2) is 0 Å². The third-order valence-electron chi connectivity index (χ3n) is 13.8. The molecular formula is C55H72N12O6. The second kappa shape index (κ2) is 23.5. The number of ether oxygens (including phenoxy) is 3. The quantitative estimate of drug-likeness (QED) is 0.0875. The summed E-state index contributed by atoms with van der Waals surface area (Å²) in [5.41, 5.74) is 5.44. The first-order valence-corrected chi connectivity index (χ1v) is 26.3. The number of benzene rings is 2. The molecule has 0 saturated carbocycles. The lowest BCUT2D eigenvalue weighted by Crippen LogP contribution is -2.39. The number of para-hydroxylation sites is 2. The van der Waals surface area contributed by atoms with Gasteiger partial charge in [0, 0.05) is 60.6 Å². The fraction of sp³-hybridized carbons (Fsp3) is 0.509. The lowest BCUT2D eigenvalue weighted by molar-refractivity contribution is 0.0237. The van der Waals surface area contributed by atoms with Crippen molar-refractivity contribution in [3.05, 3.63) is 95.6 Å². The van der Waals surface area contributed by atoms with E-state index in [0.717, 1.165) is 148 Å². The summed E-state index contributed by atoms with van der Waals surface area (Å²) in [6.07, 6.45) is 13.0. The van der Waals surface area contributed by atoms with Crippen LogP contribution >= 0.6 is 0 Å². The molecular weight excluding hydrogens is 925 g/mol. The first kappa shape index (κ1) is 51.3. The van der Waals surface area contributed by atoms with E-state index in [4.69, 9.17) is 24.2 Å². The van der Waals surface area contributed by atoms with Crippen molar-refractivity contribution in [1.82, 2.24) is 49.9 Å². The van der Waals surface area contributed by atoms with E-state index in [1.165, 1.54) is 0 Å². The highest BCUT2D eigenvalue weighted by molar-refractivity contribution is 6.05. The Kier molecular flexibility index (Phi) is 16.5. The van der Waals surface area contributed by atoms with Crippen LogP contribution in [-0.4, -0.2) is 122 Å². The highest BCUT2D eigenvalue weighted by Crippen LogP contribution is 2.38. The molecule has 0 aliphatic carbocycles. The molecule has 5 N–H and O–H groups in total. The number of carbonyl (C=O) groups excluding carboxylic acids is 3. The molecule has 388 valence electrons. The van der Waals surface area contributed by atoms with E-state index in [9.17, 15) is 14.4 Å². The lowest BCUT2D eigenvalue weighted by atomic mass is 10.1. The highest BCUT2D eigenvalue weighted by Gasteiger charge is 2.32. The van der Waals surface area contributed by atoms with E-state index in [1.807, 2.05) is 71.0 Å². The van der Waals surface area contributed by atoms with Crippen molar-refractivity contribution in [2.75, 3.05) is 63.0 Å². The Hall–Kier alpha value is -6.63. The molecule has 4 aliphatic rings. The average molecular weight is 997 g/mol. The summed E-state index contributed by atoms with van der Waals surface area (Å²) in [4.78, 5) is 59.5. The van der Waals surface area contributed by atoms with Gasteiger partial charge >= 0.3 is 6.09 Å². The van der Waals surface area contributed by atoms with Crippen LogP contribution in [0.4, 0.5) is 16.7 Å². The molecule has 73 heavy (non-hydrogen) atoms. The molecule has 18 nitrogen and oxygen atoms in total. The average Bonchev–Trinajstić information content (AvgIpc) is 3.65. The van der Waals surface area contributed by atoms with Gasteiger partial charge in [0.05, 0.1) is 17.1 Å². The number of aryl methyl sites for hydroxylation is 2. The molecule has 0 spiro atoms. The van der Waals surface area contributed by atoms with Crippen molar-refractivity contribution in [2.24, 2.45) is 0 Å². The zero-order chi connectivity index (χ0) is 50.9. The van der Waals surface area contributed by atoms with Gasteiger partial charge in [-0.3, -0.25) is 30.2 Å². The minimum absolute atomic E-state index is 0.0976. The van der Waals surface area contributed by atoms with E-state index in [2.05, 4.69) is 45.7 Å². The molecule has 8 heterocycles. The maximum absolute atomic E-state index is 13.4. The Labute approximate surface area is 427 Å². The Bertz CT molecular complexity index is 2850. The molecule has 2 atom stereocenters. The Morgan fingerprint density at radius 1 is 0.616 bits per heavy atom. The first-order valence-electron chi connectivity index (χ1n) is 26.3. The van der Waals surface area contributed by atoms with Crippen LogP contribution in [0.2, 0.25) is 0 Å². The second-order valence-electron chi connectivity index (χ2n) is 20.7. The zero-order valence-corrected chi connectivity index (χ0v) is 43.0. The first-order chi connectivity index (χ1) is 35.4. The van der Waals surface area contributed by atoms with Crippen LogP contribution in [0.15, 0.2) is 73.1 Å². The monoisotopic (exact) mass is 997 g/mol. The molecule has 2 aromatic carbocycles. The van der Waals surface area contributed by atoms with E-state index >= 15 is 0 Å². The number of amides is 3. The minimum Gasteiger partial charge on any atom is -0.488 e. The van der Waals surface area contributed by atoms with Crippen LogP contribution < -0.4 is 36.1 Å². The van der Waals surface area contributed by atoms with Gasteiger partial charge in [-0.25, -0.2) is 14.8 Å². The number of carbonyl (C=O) groups is 3. The van der Waals surface area contributed by atoms with Gasteiger partial charge in [-0.05, 0) is 174 Å². The van der Waals surface area contributed by atoms with Crippen LogP contribution in [0.1, 0.15) is 129 Å². The predicted octanol–water partition coefficient (Wildman–Crippen LogP) is 8.52. The number of imidazole rings is 2. The van der Waals surface area contributed by atoms with Gasteiger partial charge < -0.3 is 44.2 Å². The molecule has 4 aliphatic heterocycles. The smallest absolute Gasteiger partial charge is 0.410 e. The molecule has 3 amide bonds. The fourth-order valence-electron chi connectivity index (χ4n) is 10.3. The van der Waals surface area contributed by atoms with Crippen LogP contribution in [0.25, 0.3) is 22.1 Å². The molecule has 4 saturated heterocycles. The molecule has 0 bridgehead atoms. The van der Waals surface area contributed by atoms with E-state index < -0.39 is 5.60 Å². The van der Waals surface area contributed by atoms with Crippen LogP contribution in [0, 0.1) is 13.8 Å². The Balaban J connectivity index is 0.000000183. The highest BCUT2D eigenvalue weighted by atomic mass is 16.6. The Morgan fingerprint density at radius 3 is 1.64 bits per heavy atom. The number of hydrogen-bond donors (Lipinski definition) is 5. The number of aromatic nitrogens is 6. The second-order valence-corrected chi connectivity index (χ2v) is 20.7.